The summed E-state index contributed by atoms with van der Waals surface area (Å²) in [5.74, 6) is 0. The van der Waals surface area contributed by atoms with Gasteiger partial charge >= 0.3 is 6.03 Å². The number of hydrazone groups is 1. The summed E-state index contributed by atoms with van der Waals surface area (Å²) < 4.78 is 0. The van der Waals surface area contributed by atoms with Gasteiger partial charge < -0.3 is 5.73 Å². The van der Waals surface area contributed by atoms with Crippen LogP contribution in [0.5, 0.6) is 0 Å². The summed E-state index contributed by atoms with van der Waals surface area (Å²) in [4.78, 5) is 10.5. The number of hydrogen-bond acceptors (Lipinski definition) is 2. The minimum Gasteiger partial charge on any atom is -0.350 e. The molecule has 0 radical (unpaired) electrons. The van der Waals surface area contributed by atoms with E-state index in [1.54, 1.807) is 6.21 Å². The normalized spacial score (nSPS) is 12.6. The lowest BCUT2D eigenvalue weighted by Gasteiger charge is -2.17. The molecule has 0 atom stereocenters. The van der Waals surface area contributed by atoms with Gasteiger partial charge in [-0.3, -0.25) is 0 Å². The molecule has 0 aromatic heterocycles. The van der Waals surface area contributed by atoms with Crippen LogP contribution in [0.2, 0.25) is 0 Å². The van der Waals surface area contributed by atoms with Crippen molar-refractivity contribution in [3.05, 3.63) is 23.3 Å². The van der Waals surface area contributed by atoms with Crippen LogP contribution in [0.15, 0.2) is 28.4 Å². The van der Waals surface area contributed by atoms with Gasteiger partial charge in [-0.05, 0) is 40.0 Å². The second-order valence-electron chi connectivity index (χ2n) is 5.80. The van der Waals surface area contributed by atoms with Gasteiger partial charge in [-0.1, -0.05) is 37.1 Å². The predicted molar refractivity (Wildman–Crippen MR) is 82.0 cm³/mol. The number of allylic oxidation sites excluding steroid dienone is 4. The average Bonchev–Trinajstić information content (AvgIpc) is 2.25. The molecule has 0 bridgehead atoms. The molecule has 0 unspecified atom stereocenters. The van der Waals surface area contributed by atoms with Crippen molar-refractivity contribution in [2.24, 2.45) is 16.3 Å². The average molecular weight is 265 g/mol. The summed E-state index contributed by atoms with van der Waals surface area (Å²) in [6.45, 7) is 10.5. The van der Waals surface area contributed by atoms with E-state index >= 15 is 0 Å². The van der Waals surface area contributed by atoms with E-state index in [4.69, 9.17) is 5.73 Å². The van der Waals surface area contributed by atoms with Crippen molar-refractivity contribution < 1.29 is 4.79 Å². The number of nitrogens with one attached hydrogen (secondary N) is 1. The molecule has 19 heavy (non-hydrogen) atoms. The maximum Gasteiger partial charge on any atom is 0.332 e. The Balaban J connectivity index is 4.22. The lowest BCUT2D eigenvalue weighted by molar-refractivity contribution is 0.249. The van der Waals surface area contributed by atoms with Crippen LogP contribution < -0.4 is 11.2 Å². The van der Waals surface area contributed by atoms with Gasteiger partial charge in [0.05, 0.1) is 0 Å². The number of nitrogens with zero attached hydrogens (tertiary/aromatic N) is 1. The Morgan fingerprint density at radius 2 is 1.89 bits per heavy atom. The topological polar surface area (TPSA) is 67.5 Å². The zero-order chi connectivity index (χ0) is 14.9. The first-order valence-corrected chi connectivity index (χ1v) is 6.61. The highest BCUT2D eigenvalue weighted by Gasteiger charge is 2.13. The van der Waals surface area contributed by atoms with Crippen molar-refractivity contribution in [3.63, 3.8) is 0 Å². The molecule has 3 N–H and O–H groups in total. The fraction of sp³-hybridized carbons (Fsp3) is 0.600. The van der Waals surface area contributed by atoms with Crippen molar-refractivity contribution >= 4 is 12.2 Å². The Morgan fingerprint density at radius 3 is 2.42 bits per heavy atom. The van der Waals surface area contributed by atoms with Crippen molar-refractivity contribution in [2.45, 2.75) is 53.9 Å². The molecule has 0 spiro atoms. The molecule has 0 saturated carbocycles. The third-order valence-corrected chi connectivity index (χ3v) is 2.66. The van der Waals surface area contributed by atoms with E-state index in [-0.39, 0.29) is 5.41 Å². The van der Waals surface area contributed by atoms with Gasteiger partial charge in [-0.2, -0.15) is 5.10 Å². The molecule has 108 valence electrons. The second-order valence-corrected chi connectivity index (χ2v) is 5.80. The number of hydrogen-bond donors (Lipinski definition) is 2. The summed E-state index contributed by atoms with van der Waals surface area (Å²) in [5, 5.41) is 3.82. The Labute approximate surface area is 116 Å². The second kappa shape index (κ2) is 8.51. The Bertz CT molecular complexity index is 375. The fourth-order valence-electron chi connectivity index (χ4n) is 1.45. The van der Waals surface area contributed by atoms with Crippen molar-refractivity contribution in [1.29, 1.82) is 0 Å². The molecule has 0 fully saturated rings. The molecular weight excluding hydrogens is 238 g/mol. The minimum atomic E-state index is -0.638. The largest absolute Gasteiger partial charge is 0.350 e. The van der Waals surface area contributed by atoms with Crippen LogP contribution in [-0.4, -0.2) is 12.2 Å². The number of amides is 2. The Kier molecular flexibility index (Phi) is 7.80. The summed E-state index contributed by atoms with van der Waals surface area (Å²) in [7, 11) is 0. The summed E-state index contributed by atoms with van der Waals surface area (Å²) in [5.41, 5.74) is 9.80. The van der Waals surface area contributed by atoms with E-state index in [0.29, 0.717) is 0 Å². The highest BCUT2D eigenvalue weighted by Crippen LogP contribution is 2.20. The van der Waals surface area contributed by atoms with Crippen LogP contribution in [0.3, 0.4) is 0 Å². The molecule has 0 aromatic carbocycles. The Hall–Kier alpha value is -1.58. The van der Waals surface area contributed by atoms with Crippen LogP contribution in [0.25, 0.3) is 0 Å². The summed E-state index contributed by atoms with van der Waals surface area (Å²) in [6, 6.07) is -0.638. The van der Waals surface area contributed by atoms with Crippen LogP contribution in [0.1, 0.15) is 53.9 Å². The lowest BCUT2D eigenvalue weighted by atomic mass is 9.89. The molecule has 4 nitrogen and oxygen atoms in total. The number of carbonyl (C=O) groups excluding carboxylic acids is 1. The predicted octanol–water partition coefficient (Wildman–Crippen LogP) is 3.75. The van der Waals surface area contributed by atoms with E-state index in [1.165, 1.54) is 11.1 Å². The monoisotopic (exact) mass is 265 g/mol. The van der Waals surface area contributed by atoms with Crippen LogP contribution >= 0.6 is 0 Å². The third-order valence-electron chi connectivity index (χ3n) is 2.66. The van der Waals surface area contributed by atoms with Gasteiger partial charge in [0.1, 0.15) is 0 Å². The molecule has 0 aliphatic rings. The van der Waals surface area contributed by atoms with Crippen LogP contribution in [0.4, 0.5) is 4.79 Å². The van der Waals surface area contributed by atoms with Crippen LogP contribution in [0, 0.1) is 5.41 Å². The lowest BCUT2D eigenvalue weighted by Crippen LogP contribution is -2.26. The fourth-order valence-corrected chi connectivity index (χ4v) is 1.45. The third kappa shape index (κ3) is 11.3. The number of primary amides is 1. The van der Waals surface area contributed by atoms with Crippen molar-refractivity contribution in [3.8, 4) is 0 Å². The first-order chi connectivity index (χ1) is 8.73. The molecular formula is C15H27N3O. The quantitative estimate of drug-likeness (QED) is 0.411. The number of urea groups is 1. The van der Waals surface area contributed by atoms with Gasteiger partial charge in [0.15, 0.2) is 0 Å². The van der Waals surface area contributed by atoms with E-state index in [0.717, 1.165) is 19.3 Å². The van der Waals surface area contributed by atoms with Crippen molar-refractivity contribution in [2.75, 3.05) is 0 Å². The SMILES string of the molecule is CC(C)=CCCC(C)=CCC(C)(C)C=NNC(N)=O. The highest BCUT2D eigenvalue weighted by molar-refractivity contribution is 5.73. The maximum absolute atomic E-state index is 10.5. The van der Waals surface area contributed by atoms with Gasteiger partial charge in [0.25, 0.3) is 0 Å². The van der Waals surface area contributed by atoms with Crippen LogP contribution in [-0.2, 0) is 0 Å². The summed E-state index contributed by atoms with van der Waals surface area (Å²) >= 11 is 0. The van der Waals surface area contributed by atoms with E-state index in [1.807, 2.05) is 0 Å². The first kappa shape index (κ1) is 17.4. The molecule has 4 heteroatoms. The van der Waals surface area contributed by atoms with Gasteiger partial charge in [-0.15, -0.1) is 0 Å². The number of nitrogens with two attached hydrogens (primary N) is 1. The van der Waals surface area contributed by atoms with Gasteiger partial charge in [0, 0.05) is 11.6 Å². The molecule has 0 aromatic rings. The first-order valence-electron chi connectivity index (χ1n) is 6.61. The molecule has 0 saturated heterocycles. The zero-order valence-electron chi connectivity index (χ0n) is 12.8. The molecule has 0 aliphatic carbocycles. The molecule has 0 rings (SSSR count). The van der Waals surface area contributed by atoms with Gasteiger partial charge in [0.2, 0.25) is 0 Å². The van der Waals surface area contributed by atoms with E-state index in [9.17, 15) is 4.79 Å². The van der Waals surface area contributed by atoms with E-state index in [2.05, 4.69) is 57.3 Å². The molecule has 2 amide bonds. The zero-order valence-corrected chi connectivity index (χ0v) is 12.8. The van der Waals surface area contributed by atoms with Crippen molar-refractivity contribution in [1.82, 2.24) is 5.43 Å². The minimum absolute atomic E-state index is 0.0970. The molecule has 0 aliphatic heterocycles. The summed E-state index contributed by atoms with van der Waals surface area (Å²) in [6.07, 6.45) is 9.26. The Morgan fingerprint density at radius 1 is 1.26 bits per heavy atom. The van der Waals surface area contributed by atoms with E-state index < -0.39 is 6.03 Å². The molecule has 0 heterocycles. The smallest absolute Gasteiger partial charge is 0.332 e. The highest BCUT2D eigenvalue weighted by atomic mass is 16.2. The maximum atomic E-state index is 10.5. The number of carbonyl (C=O) groups is 1. The van der Waals surface area contributed by atoms with Gasteiger partial charge in [-0.25, -0.2) is 10.2 Å². The number of rotatable bonds is 7. The standard InChI is InChI=1S/C15H27N3O/c1-12(2)7-6-8-13(3)9-10-15(4,5)11-17-18-14(16)19/h7,9,11H,6,8,10H2,1-5H3,(H3,16,18,19).